The Hall–Kier alpha value is -2.71. The standard InChI is InChI=1S/C23H27N3O4S/c1-16-4-3-13-26(15-16)31(29,30)21-11-7-17(8-12-21)22(27)25-20-6-2-5-18(14-20)23(28)24-19-9-10-19/h2,5-8,11-12,14,16,19H,3-4,9-10,13,15H2,1H3,(H,24,28)(H,25,27). The highest BCUT2D eigenvalue weighted by Gasteiger charge is 2.28. The third kappa shape index (κ3) is 5.14. The van der Waals surface area contributed by atoms with Gasteiger partial charge in [-0.1, -0.05) is 13.0 Å². The molecule has 7 nitrogen and oxygen atoms in total. The van der Waals surface area contributed by atoms with Gasteiger partial charge >= 0.3 is 0 Å². The van der Waals surface area contributed by atoms with E-state index in [0.717, 1.165) is 25.7 Å². The number of amides is 2. The number of carbonyl (C=O) groups excluding carboxylic acids is 2. The lowest BCUT2D eigenvalue weighted by Crippen LogP contribution is -2.39. The smallest absolute Gasteiger partial charge is 0.255 e. The van der Waals surface area contributed by atoms with E-state index in [1.807, 2.05) is 0 Å². The van der Waals surface area contributed by atoms with E-state index in [1.54, 1.807) is 24.3 Å². The van der Waals surface area contributed by atoms with Crippen molar-refractivity contribution in [2.45, 2.75) is 43.5 Å². The number of hydrogen-bond donors (Lipinski definition) is 2. The fraction of sp³-hybridized carbons (Fsp3) is 0.391. The molecule has 0 aromatic heterocycles. The van der Waals surface area contributed by atoms with Crippen LogP contribution in [0.3, 0.4) is 0 Å². The summed E-state index contributed by atoms with van der Waals surface area (Å²) in [6.45, 7) is 3.11. The van der Waals surface area contributed by atoms with E-state index in [1.165, 1.54) is 28.6 Å². The Morgan fingerprint density at radius 3 is 2.39 bits per heavy atom. The van der Waals surface area contributed by atoms with Crippen LogP contribution in [0.4, 0.5) is 5.69 Å². The quantitative estimate of drug-likeness (QED) is 0.719. The van der Waals surface area contributed by atoms with Crippen LogP contribution in [0.25, 0.3) is 0 Å². The average Bonchev–Trinajstić information content (AvgIpc) is 3.58. The normalized spacial score (nSPS) is 19.6. The van der Waals surface area contributed by atoms with Crippen LogP contribution in [0.1, 0.15) is 53.3 Å². The summed E-state index contributed by atoms with van der Waals surface area (Å²) in [6.07, 6.45) is 3.91. The van der Waals surface area contributed by atoms with Crippen LogP contribution in [0.5, 0.6) is 0 Å². The van der Waals surface area contributed by atoms with E-state index in [2.05, 4.69) is 17.6 Å². The molecular formula is C23H27N3O4S. The van der Waals surface area contributed by atoms with Crippen LogP contribution in [0.2, 0.25) is 0 Å². The number of nitrogens with one attached hydrogen (secondary N) is 2. The van der Waals surface area contributed by atoms with Crippen molar-refractivity contribution in [3.05, 3.63) is 59.7 Å². The molecule has 2 N–H and O–H groups in total. The molecular weight excluding hydrogens is 414 g/mol. The van der Waals surface area contributed by atoms with Gasteiger partial charge in [0.25, 0.3) is 11.8 Å². The van der Waals surface area contributed by atoms with Crippen LogP contribution < -0.4 is 10.6 Å². The minimum Gasteiger partial charge on any atom is -0.349 e. The first-order valence-corrected chi connectivity index (χ1v) is 12.1. The molecule has 2 aromatic rings. The van der Waals surface area contributed by atoms with Crippen molar-refractivity contribution in [1.29, 1.82) is 0 Å². The summed E-state index contributed by atoms with van der Waals surface area (Å²) in [5.41, 5.74) is 1.34. The molecule has 164 valence electrons. The van der Waals surface area contributed by atoms with Crippen molar-refractivity contribution >= 4 is 27.5 Å². The van der Waals surface area contributed by atoms with Crippen LogP contribution in [-0.2, 0) is 10.0 Å². The van der Waals surface area contributed by atoms with E-state index in [4.69, 9.17) is 0 Å². The van der Waals surface area contributed by atoms with Crippen molar-refractivity contribution in [3.63, 3.8) is 0 Å². The lowest BCUT2D eigenvalue weighted by Gasteiger charge is -2.30. The number of rotatable bonds is 6. The van der Waals surface area contributed by atoms with E-state index in [0.29, 0.717) is 35.8 Å². The number of nitrogens with zero attached hydrogens (tertiary/aromatic N) is 1. The Morgan fingerprint density at radius 1 is 0.968 bits per heavy atom. The van der Waals surface area contributed by atoms with Crippen LogP contribution in [0.15, 0.2) is 53.4 Å². The third-order valence-corrected chi connectivity index (χ3v) is 7.55. The van der Waals surface area contributed by atoms with Gasteiger partial charge in [-0.3, -0.25) is 9.59 Å². The van der Waals surface area contributed by atoms with Crippen LogP contribution in [0, 0.1) is 5.92 Å². The molecule has 2 amide bonds. The zero-order chi connectivity index (χ0) is 22.0. The van der Waals surface area contributed by atoms with Crippen molar-refractivity contribution in [2.75, 3.05) is 18.4 Å². The topological polar surface area (TPSA) is 95.6 Å². The van der Waals surface area contributed by atoms with Gasteiger partial charge < -0.3 is 10.6 Å². The average molecular weight is 442 g/mol. The number of sulfonamides is 1. The number of carbonyl (C=O) groups is 2. The van der Waals surface area contributed by atoms with Gasteiger partial charge in [0.2, 0.25) is 10.0 Å². The Bertz CT molecular complexity index is 1080. The molecule has 0 radical (unpaired) electrons. The molecule has 1 heterocycles. The lowest BCUT2D eigenvalue weighted by atomic mass is 10.0. The monoisotopic (exact) mass is 441 g/mol. The fourth-order valence-electron chi connectivity index (χ4n) is 3.73. The van der Waals surface area contributed by atoms with Gasteiger partial charge in [0, 0.05) is 35.9 Å². The van der Waals surface area contributed by atoms with Crippen molar-refractivity contribution < 1.29 is 18.0 Å². The second-order valence-corrected chi connectivity index (χ2v) is 10.4. The molecule has 1 aliphatic carbocycles. The molecule has 0 spiro atoms. The summed E-state index contributed by atoms with van der Waals surface area (Å²) in [7, 11) is -3.56. The van der Waals surface area contributed by atoms with Crippen molar-refractivity contribution in [1.82, 2.24) is 9.62 Å². The zero-order valence-electron chi connectivity index (χ0n) is 17.5. The predicted octanol–water partition coefficient (Wildman–Crippen LogP) is 3.25. The van der Waals surface area contributed by atoms with E-state index < -0.39 is 10.0 Å². The van der Waals surface area contributed by atoms with Gasteiger partial charge in [-0.15, -0.1) is 0 Å². The highest BCUT2D eigenvalue weighted by molar-refractivity contribution is 7.89. The molecule has 1 unspecified atom stereocenters. The summed E-state index contributed by atoms with van der Waals surface area (Å²) in [6, 6.07) is 13.0. The van der Waals surface area contributed by atoms with Gasteiger partial charge in [0.15, 0.2) is 0 Å². The number of benzene rings is 2. The number of anilines is 1. The Labute approximate surface area is 182 Å². The van der Waals surface area contributed by atoms with E-state index in [-0.39, 0.29) is 22.8 Å². The summed E-state index contributed by atoms with van der Waals surface area (Å²) in [5, 5.41) is 5.69. The molecule has 1 aliphatic heterocycles. The number of piperidine rings is 1. The highest BCUT2D eigenvalue weighted by atomic mass is 32.2. The number of hydrogen-bond acceptors (Lipinski definition) is 4. The lowest BCUT2D eigenvalue weighted by molar-refractivity contribution is 0.0949. The SMILES string of the molecule is CC1CCCN(S(=O)(=O)c2ccc(C(=O)Nc3cccc(C(=O)NC4CC4)c3)cc2)C1. The maximum Gasteiger partial charge on any atom is 0.255 e. The molecule has 2 aromatic carbocycles. The molecule has 4 rings (SSSR count). The first kappa shape index (κ1) is 21.5. The molecule has 31 heavy (non-hydrogen) atoms. The summed E-state index contributed by atoms with van der Waals surface area (Å²) in [4.78, 5) is 25.0. The zero-order valence-corrected chi connectivity index (χ0v) is 18.3. The van der Waals surface area contributed by atoms with Gasteiger partial charge in [-0.25, -0.2) is 8.42 Å². The molecule has 1 saturated heterocycles. The fourth-order valence-corrected chi connectivity index (χ4v) is 5.33. The Morgan fingerprint density at radius 2 is 1.71 bits per heavy atom. The van der Waals surface area contributed by atoms with Gasteiger partial charge in [0.1, 0.15) is 0 Å². The molecule has 1 atom stereocenters. The summed E-state index contributed by atoms with van der Waals surface area (Å²) < 4.78 is 27.3. The maximum absolute atomic E-state index is 12.9. The largest absolute Gasteiger partial charge is 0.349 e. The first-order chi connectivity index (χ1) is 14.8. The first-order valence-electron chi connectivity index (χ1n) is 10.7. The second-order valence-electron chi connectivity index (χ2n) is 8.42. The second kappa shape index (κ2) is 8.80. The minimum absolute atomic E-state index is 0.153. The van der Waals surface area contributed by atoms with Gasteiger partial charge in [-0.2, -0.15) is 4.31 Å². The predicted molar refractivity (Wildman–Crippen MR) is 118 cm³/mol. The highest BCUT2D eigenvalue weighted by Crippen LogP contribution is 2.24. The van der Waals surface area contributed by atoms with E-state index in [9.17, 15) is 18.0 Å². The van der Waals surface area contributed by atoms with Crippen LogP contribution >= 0.6 is 0 Å². The maximum atomic E-state index is 12.9. The van der Waals surface area contributed by atoms with Crippen molar-refractivity contribution in [3.8, 4) is 0 Å². The summed E-state index contributed by atoms with van der Waals surface area (Å²) in [5.74, 6) is -0.175. The summed E-state index contributed by atoms with van der Waals surface area (Å²) >= 11 is 0. The van der Waals surface area contributed by atoms with E-state index >= 15 is 0 Å². The molecule has 2 aliphatic rings. The van der Waals surface area contributed by atoms with Crippen LogP contribution in [-0.4, -0.2) is 43.7 Å². The van der Waals surface area contributed by atoms with Crippen molar-refractivity contribution in [2.24, 2.45) is 5.92 Å². The molecule has 1 saturated carbocycles. The van der Waals surface area contributed by atoms with Gasteiger partial charge in [-0.05, 0) is 74.1 Å². The molecule has 8 heteroatoms. The Balaban J connectivity index is 1.43. The molecule has 0 bridgehead atoms. The van der Waals surface area contributed by atoms with Gasteiger partial charge in [0.05, 0.1) is 4.90 Å². The molecule has 2 fully saturated rings. The Kier molecular flexibility index (Phi) is 6.11. The third-order valence-electron chi connectivity index (χ3n) is 5.67. The minimum atomic E-state index is -3.56.